The smallest absolute Gasteiger partial charge is 0.317 e. The summed E-state index contributed by atoms with van der Waals surface area (Å²) in [5.74, 6) is -1.60. The SMILES string of the molecule is O=C(NCCOc1ccc(F)c(F)c1)N1CCCCC1. The highest BCUT2D eigenvalue weighted by atomic mass is 19.2. The van der Waals surface area contributed by atoms with Crippen LogP contribution < -0.4 is 10.1 Å². The summed E-state index contributed by atoms with van der Waals surface area (Å²) in [4.78, 5) is 13.5. The Kier molecular flexibility index (Phi) is 5.15. The van der Waals surface area contributed by atoms with Gasteiger partial charge in [0.2, 0.25) is 0 Å². The van der Waals surface area contributed by atoms with Crippen molar-refractivity contribution in [2.45, 2.75) is 19.3 Å². The second kappa shape index (κ2) is 7.07. The van der Waals surface area contributed by atoms with Crippen molar-refractivity contribution in [1.82, 2.24) is 10.2 Å². The number of piperidine rings is 1. The molecule has 1 fully saturated rings. The van der Waals surface area contributed by atoms with Crippen molar-refractivity contribution in [3.63, 3.8) is 0 Å². The van der Waals surface area contributed by atoms with Gasteiger partial charge >= 0.3 is 6.03 Å². The lowest BCUT2D eigenvalue weighted by Crippen LogP contribution is -2.43. The third-order valence-corrected chi connectivity index (χ3v) is 3.18. The van der Waals surface area contributed by atoms with Crippen LogP contribution in [0.2, 0.25) is 0 Å². The molecule has 0 radical (unpaired) electrons. The van der Waals surface area contributed by atoms with Gasteiger partial charge in [-0.25, -0.2) is 13.6 Å². The average molecular weight is 284 g/mol. The number of amides is 2. The Bertz CT molecular complexity index is 462. The molecule has 1 aromatic rings. The molecule has 0 aromatic heterocycles. The molecule has 1 N–H and O–H groups in total. The average Bonchev–Trinajstić information content (AvgIpc) is 2.48. The molecule has 0 atom stereocenters. The molecule has 0 spiro atoms. The number of rotatable bonds is 4. The summed E-state index contributed by atoms with van der Waals surface area (Å²) in [7, 11) is 0. The molecule has 2 rings (SSSR count). The number of urea groups is 1. The summed E-state index contributed by atoms with van der Waals surface area (Å²) in [6.45, 7) is 2.12. The molecule has 1 aromatic carbocycles. The Morgan fingerprint density at radius 3 is 2.65 bits per heavy atom. The lowest BCUT2D eigenvalue weighted by molar-refractivity contribution is 0.183. The summed E-state index contributed by atoms with van der Waals surface area (Å²) < 4.78 is 30.9. The predicted octanol–water partition coefficient (Wildman–Crippen LogP) is 2.54. The van der Waals surface area contributed by atoms with Crippen LogP contribution in [-0.4, -0.2) is 37.2 Å². The molecule has 20 heavy (non-hydrogen) atoms. The highest BCUT2D eigenvalue weighted by Gasteiger charge is 2.15. The van der Waals surface area contributed by atoms with Crippen LogP contribution >= 0.6 is 0 Å². The number of likely N-dealkylation sites (tertiary alicyclic amines) is 1. The molecule has 2 amide bonds. The zero-order chi connectivity index (χ0) is 14.4. The van der Waals surface area contributed by atoms with E-state index in [1.807, 2.05) is 0 Å². The third kappa shape index (κ3) is 4.08. The van der Waals surface area contributed by atoms with Gasteiger partial charge in [-0.3, -0.25) is 0 Å². The number of nitrogens with one attached hydrogen (secondary N) is 1. The van der Waals surface area contributed by atoms with Crippen molar-refractivity contribution in [2.24, 2.45) is 0 Å². The fourth-order valence-corrected chi connectivity index (χ4v) is 2.10. The quantitative estimate of drug-likeness (QED) is 0.863. The molecular formula is C14H18F2N2O2. The third-order valence-electron chi connectivity index (χ3n) is 3.18. The van der Waals surface area contributed by atoms with Crippen molar-refractivity contribution in [3.05, 3.63) is 29.8 Å². The van der Waals surface area contributed by atoms with Crippen molar-refractivity contribution in [2.75, 3.05) is 26.2 Å². The van der Waals surface area contributed by atoms with E-state index in [9.17, 15) is 13.6 Å². The monoisotopic (exact) mass is 284 g/mol. The molecule has 1 heterocycles. The normalized spacial score (nSPS) is 15.0. The largest absolute Gasteiger partial charge is 0.492 e. The topological polar surface area (TPSA) is 41.6 Å². The molecule has 0 saturated carbocycles. The summed E-state index contributed by atoms with van der Waals surface area (Å²) in [5, 5.41) is 2.74. The second-order valence-electron chi connectivity index (χ2n) is 4.70. The highest BCUT2D eigenvalue weighted by Crippen LogP contribution is 2.15. The predicted molar refractivity (Wildman–Crippen MR) is 70.7 cm³/mol. The van der Waals surface area contributed by atoms with Crippen LogP contribution in [-0.2, 0) is 0 Å². The summed E-state index contributed by atoms with van der Waals surface area (Å²) in [6, 6.07) is 3.25. The van der Waals surface area contributed by atoms with Crippen LogP contribution in [0.1, 0.15) is 19.3 Å². The van der Waals surface area contributed by atoms with Gasteiger partial charge in [0, 0.05) is 19.2 Å². The summed E-state index contributed by atoms with van der Waals surface area (Å²) in [6.07, 6.45) is 3.25. The lowest BCUT2D eigenvalue weighted by Gasteiger charge is -2.26. The first kappa shape index (κ1) is 14.6. The molecular weight excluding hydrogens is 266 g/mol. The number of carbonyl (C=O) groups excluding carboxylic acids is 1. The number of carbonyl (C=O) groups is 1. The van der Waals surface area contributed by atoms with E-state index in [4.69, 9.17) is 4.74 Å². The van der Waals surface area contributed by atoms with Crippen LogP contribution in [0.25, 0.3) is 0 Å². The van der Waals surface area contributed by atoms with Crippen molar-refractivity contribution in [3.8, 4) is 5.75 Å². The van der Waals surface area contributed by atoms with Gasteiger partial charge in [-0.05, 0) is 31.4 Å². The van der Waals surface area contributed by atoms with E-state index < -0.39 is 11.6 Å². The molecule has 1 aliphatic rings. The van der Waals surface area contributed by atoms with Gasteiger partial charge in [0.25, 0.3) is 0 Å². The van der Waals surface area contributed by atoms with Crippen molar-refractivity contribution in [1.29, 1.82) is 0 Å². The van der Waals surface area contributed by atoms with Gasteiger partial charge in [-0.15, -0.1) is 0 Å². The van der Waals surface area contributed by atoms with Crippen LogP contribution in [0.5, 0.6) is 5.75 Å². The zero-order valence-electron chi connectivity index (χ0n) is 11.2. The van der Waals surface area contributed by atoms with Gasteiger partial charge < -0.3 is 15.0 Å². The van der Waals surface area contributed by atoms with E-state index in [0.29, 0.717) is 6.54 Å². The first-order chi connectivity index (χ1) is 9.66. The molecule has 1 aliphatic heterocycles. The molecule has 1 saturated heterocycles. The molecule has 0 bridgehead atoms. The van der Waals surface area contributed by atoms with E-state index in [2.05, 4.69) is 5.32 Å². The maximum atomic E-state index is 12.9. The molecule has 4 nitrogen and oxygen atoms in total. The van der Waals surface area contributed by atoms with E-state index in [-0.39, 0.29) is 18.4 Å². The van der Waals surface area contributed by atoms with Gasteiger partial charge in [0.15, 0.2) is 11.6 Å². The van der Waals surface area contributed by atoms with Gasteiger partial charge in [-0.1, -0.05) is 0 Å². The Balaban J connectivity index is 1.68. The molecule has 6 heteroatoms. The van der Waals surface area contributed by atoms with Crippen molar-refractivity contribution < 1.29 is 18.3 Å². The van der Waals surface area contributed by atoms with Gasteiger partial charge in [0.05, 0.1) is 6.54 Å². The van der Waals surface area contributed by atoms with Crippen LogP contribution in [0, 0.1) is 11.6 Å². The van der Waals surface area contributed by atoms with E-state index in [1.165, 1.54) is 12.5 Å². The number of nitrogens with zero attached hydrogens (tertiary/aromatic N) is 1. The maximum absolute atomic E-state index is 12.9. The van der Waals surface area contributed by atoms with E-state index >= 15 is 0 Å². The first-order valence-corrected chi connectivity index (χ1v) is 6.77. The van der Waals surface area contributed by atoms with Crippen LogP contribution in [0.15, 0.2) is 18.2 Å². The Morgan fingerprint density at radius 1 is 1.20 bits per heavy atom. The summed E-state index contributed by atoms with van der Waals surface area (Å²) in [5.41, 5.74) is 0. The number of ether oxygens (including phenoxy) is 1. The minimum atomic E-state index is -0.945. The lowest BCUT2D eigenvalue weighted by atomic mass is 10.1. The maximum Gasteiger partial charge on any atom is 0.317 e. The number of hydrogen-bond acceptors (Lipinski definition) is 2. The fraction of sp³-hybridized carbons (Fsp3) is 0.500. The summed E-state index contributed by atoms with van der Waals surface area (Å²) >= 11 is 0. The highest BCUT2D eigenvalue weighted by molar-refractivity contribution is 5.74. The Morgan fingerprint density at radius 2 is 1.95 bits per heavy atom. The molecule has 0 aliphatic carbocycles. The van der Waals surface area contributed by atoms with Crippen LogP contribution in [0.3, 0.4) is 0 Å². The number of benzene rings is 1. The minimum Gasteiger partial charge on any atom is -0.492 e. The van der Waals surface area contributed by atoms with Crippen molar-refractivity contribution >= 4 is 6.03 Å². The Hall–Kier alpha value is -1.85. The minimum absolute atomic E-state index is 0.0985. The van der Waals surface area contributed by atoms with E-state index in [0.717, 1.165) is 38.1 Å². The molecule has 0 unspecified atom stereocenters. The molecule has 110 valence electrons. The van der Waals surface area contributed by atoms with Crippen LogP contribution in [0.4, 0.5) is 13.6 Å². The van der Waals surface area contributed by atoms with E-state index in [1.54, 1.807) is 4.90 Å². The second-order valence-corrected chi connectivity index (χ2v) is 4.70. The van der Waals surface area contributed by atoms with Gasteiger partial charge in [0.1, 0.15) is 12.4 Å². The number of hydrogen-bond donors (Lipinski definition) is 1. The fourth-order valence-electron chi connectivity index (χ4n) is 2.10. The first-order valence-electron chi connectivity index (χ1n) is 6.77. The zero-order valence-corrected chi connectivity index (χ0v) is 11.2. The number of halogens is 2. The van der Waals surface area contributed by atoms with Gasteiger partial charge in [-0.2, -0.15) is 0 Å². The standard InChI is InChI=1S/C14H18F2N2O2/c15-12-5-4-11(10-13(12)16)20-9-6-17-14(19)18-7-2-1-3-8-18/h4-5,10H,1-3,6-9H2,(H,17,19). The Labute approximate surface area is 116 Å².